The molecule has 0 radical (unpaired) electrons. The van der Waals surface area contributed by atoms with Crippen molar-refractivity contribution in [2.45, 2.75) is 38.5 Å². The molecule has 1 aromatic carbocycles. The van der Waals surface area contributed by atoms with E-state index in [4.69, 9.17) is 10.5 Å². The van der Waals surface area contributed by atoms with Gasteiger partial charge in [-0.15, -0.1) is 0 Å². The Bertz CT molecular complexity index is 468. The lowest BCUT2D eigenvalue weighted by molar-refractivity contribution is 0.317. The van der Waals surface area contributed by atoms with Crippen molar-refractivity contribution in [1.82, 2.24) is 0 Å². The molecular weight excluding hydrogens is 262 g/mol. The molecule has 0 aromatic heterocycles. The van der Waals surface area contributed by atoms with Gasteiger partial charge in [0.25, 0.3) is 0 Å². The fourth-order valence-electron chi connectivity index (χ4n) is 1.63. The number of hydrogen-bond donors (Lipinski definition) is 1. The highest BCUT2D eigenvalue weighted by molar-refractivity contribution is 7.91. The number of nitrogens with two attached hydrogens (primary N) is 1. The Morgan fingerprint density at radius 1 is 1.26 bits per heavy atom. The quantitative estimate of drug-likeness (QED) is 0.743. The summed E-state index contributed by atoms with van der Waals surface area (Å²) in [4.78, 5) is 0. The molecule has 0 amide bonds. The Hall–Kier alpha value is -1.07. The molecule has 5 heteroatoms. The molecule has 1 aromatic rings. The third kappa shape index (κ3) is 5.20. The highest BCUT2D eigenvalue weighted by atomic mass is 32.2. The van der Waals surface area contributed by atoms with Crippen molar-refractivity contribution in [3.05, 3.63) is 29.8 Å². The number of sulfone groups is 1. The Labute approximate surface area is 115 Å². The molecule has 0 saturated carbocycles. The van der Waals surface area contributed by atoms with Gasteiger partial charge < -0.3 is 10.5 Å². The van der Waals surface area contributed by atoms with Crippen molar-refractivity contribution in [2.75, 3.05) is 12.4 Å². The molecule has 0 aliphatic carbocycles. The van der Waals surface area contributed by atoms with Gasteiger partial charge in [-0.1, -0.05) is 19.1 Å². The summed E-state index contributed by atoms with van der Waals surface area (Å²) < 4.78 is 29.1. The van der Waals surface area contributed by atoms with E-state index in [1.165, 1.54) is 0 Å². The van der Waals surface area contributed by atoms with Crippen molar-refractivity contribution in [1.29, 1.82) is 0 Å². The van der Waals surface area contributed by atoms with Gasteiger partial charge in [-0.3, -0.25) is 0 Å². The predicted molar refractivity (Wildman–Crippen MR) is 78.0 cm³/mol. The summed E-state index contributed by atoms with van der Waals surface area (Å²) >= 11 is 0. The minimum absolute atomic E-state index is 0.183. The van der Waals surface area contributed by atoms with E-state index in [1.807, 2.05) is 31.2 Å². The van der Waals surface area contributed by atoms with E-state index in [-0.39, 0.29) is 11.0 Å². The Kier molecular flexibility index (Phi) is 6.31. The molecule has 0 fully saturated rings. The van der Waals surface area contributed by atoms with E-state index in [0.717, 1.165) is 11.3 Å². The summed E-state index contributed by atoms with van der Waals surface area (Å²) in [6.45, 7) is 4.56. The molecule has 1 rings (SSSR count). The third-order valence-corrected chi connectivity index (χ3v) is 5.61. The minimum Gasteiger partial charge on any atom is -0.494 e. The molecule has 0 spiro atoms. The lowest BCUT2D eigenvalue weighted by Crippen LogP contribution is -2.21. The summed E-state index contributed by atoms with van der Waals surface area (Å²) in [5, 5.41) is -0.267. The normalized spacial score (nSPS) is 13.2. The van der Waals surface area contributed by atoms with Gasteiger partial charge in [0.1, 0.15) is 5.75 Å². The van der Waals surface area contributed by atoms with Crippen LogP contribution in [-0.4, -0.2) is 26.0 Å². The molecule has 0 heterocycles. The highest BCUT2D eigenvalue weighted by Gasteiger charge is 2.18. The standard InChI is InChI=1S/C14H23NO3S/c1-3-12(2)19(16,17)10-4-9-18-14-7-5-13(11-15)6-8-14/h5-8,12H,3-4,9-11,15H2,1-2H3. The van der Waals surface area contributed by atoms with E-state index < -0.39 is 9.84 Å². The Balaban J connectivity index is 2.34. The molecule has 108 valence electrons. The zero-order chi connectivity index (χ0) is 14.3. The second kappa shape index (κ2) is 7.50. The Morgan fingerprint density at radius 3 is 2.42 bits per heavy atom. The van der Waals surface area contributed by atoms with Crippen LogP contribution >= 0.6 is 0 Å². The first kappa shape index (κ1) is 16.0. The SMILES string of the molecule is CCC(C)S(=O)(=O)CCCOc1ccc(CN)cc1. The molecule has 1 unspecified atom stereocenters. The van der Waals surface area contributed by atoms with E-state index >= 15 is 0 Å². The third-order valence-electron chi connectivity index (χ3n) is 3.19. The molecule has 0 bridgehead atoms. The fraction of sp³-hybridized carbons (Fsp3) is 0.571. The zero-order valence-corrected chi connectivity index (χ0v) is 12.4. The molecule has 1 atom stereocenters. The highest BCUT2D eigenvalue weighted by Crippen LogP contribution is 2.13. The van der Waals surface area contributed by atoms with Crippen LogP contribution < -0.4 is 10.5 Å². The predicted octanol–water partition coefficient (Wildman–Crippen LogP) is 2.13. The lowest BCUT2D eigenvalue weighted by atomic mass is 10.2. The molecule has 19 heavy (non-hydrogen) atoms. The first-order valence-electron chi connectivity index (χ1n) is 6.63. The van der Waals surface area contributed by atoms with E-state index in [2.05, 4.69) is 0 Å². The van der Waals surface area contributed by atoms with Gasteiger partial charge in [-0.2, -0.15) is 0 Å². The van der Waals surface area contributed by atoms with Crippen LogP contribution in [0, 0.1) is 0 Å². The zero-order valence-electron chi connectivity index (χ0n) is 11.6. The summed E-state index contributed by atoms with van der Waals surface area (Å²) in [5.41, 5.74) is 6.55. The lowest BCUT2D eigenvalue weighted by Gasteiger charge is -2.11. The van der Waals surface area contributed by atoms with Gasteiger partial charge in [-0.25, -0.2) is 8.42 Å². The van der Waals surface area contributed by atoms with Gasteiger partial charge in [0.05, 0.1) is 17.6 Å². The maximum absolute atomic E-state index is 11.8. The van der Waals surface area contributed by atoms with Gasteiger partial charge in [-0.05, 0) is 37.5 Å². The van der Waals surface area contributed by atoms with Gasteiger partial charge in [0, 0.05) is 6.54 Å². The average molecular weight is 285 g/mol. The van der Waals surface area contributed by atoms with Crippen LogP contribution in [0.15, 0.2) is 24.3 Å². The van der Waals surface area contributed by atoms with Crippen molar-refractivity contribution in [3.63, 3.8) is 0 Å². The smallest absolute Gasteiger partial charge is 0.153 e. The van der Waals surface area contributed by atoms with Crippen molar-refractivity contribution >= 4 is 9.84 Å². The maximum atomic E-state index is 11.8. The van der Waals surface area contributed by atoms with Crippen LogP contribution in [0.25, 0.3) is 0 Å². The minimum atomic E-state index is -2.97. The van der Waals surface area contributed by atoms with Crippen LogP contribution in [0.3, 0.4) is 0 Å². The van der Waals surface area contributed by atoms with E-state index in [1.54, 1.807) is 6.92 Å². The molecule has 4 nitrogen and oxygen atoms in total. The monoisotopic (exact) mass is 285 g/mol. The fourth-order valence-corrected chi connectivity index (χ4v) is 3.06. The van der Waals surface area contributed by atoms with Gasteiger partial charge in [0.15, 0.2) is 9.84 Å². The van der Waals surface area contributed by atoms with Crippen LogP contribution in [0.1, 0.15) is 32.3 Å². The number of benzene rings is 1. The van der Waals surface area contributed by atoms with Gasteiger partial charge >= 0.3 is 0 Å². The van der Waals surface area contributed by atoms with Crippen LogP contribution in [0.2, 0.25) is 0 Å². The first-order chi connectivity index (χ1) is 8.99. The molecular formula is C14H23NO3S. The molecule has 2 N–H and O–H groups in total. The topological polar surface area (TPSA) is 69.4 Å². The largest absolute Gasteiger partial charge is 0.494 e. The Morgan fingerprint density at radius 2 is 1.89 bits per heavy atom. The molecule has 0 saturated heterocycles. The van der Waals surface area contributed by atoms with Crippen molar-refractivity contribution in [3.8, 4) is 5.75 Å². The second-order valence-corrected chi connectivity index (χ2v) is 7.17. The van der Waals surface area contributed by atoms with Gasteiger partial charge in [0.2, 0.25) is 0 Å². The van der Waals surface area contributed by atoms with Crippen LogP contribution in [-0.2, 0) is 16.4 Å². The number of rotatable bonds is 8. The van der Waals surface area contributed by atoms with Crippen molar-refractivity contribution < 1.29 is 13.2 Å². The van der Waals surface area contributed by atoms with Crippen molar-refractivity contribution in [2.24, 2.45) is 5.73 Å². The van der Waals surface area contributed by atoms with Crippen LogP contribution in [0.4, 0.5) is 0 Å². The average Bonchev–Trinajstić information content (AvgIpc) is 2.43. The maximum Gasteiger partial charge on any atom is 0.153 e. The summed E-state index contributed by atoms with van der Waals surface area (Å²) in [5.74, 6) is 0.932. The van der Waals surface area contributed by atoms with Crippen LogP contribution in [0.5, 0.6) is 5.75 Å². The first-order valence-corrected chi connectivity index (χ1v) is 8.34. The summed E-state index contributed by atoms with van der Waals surface area (Å²) in [6.07, 6.45) is 1.18. The summed E-state index contributed by atoms with van der Waals surface area (Å²) in [6, 6.07) is 7.52. The summed E-state index contributed by atoms with van der Waals surface area (Å²) in [7, 11) is -2.97. The van der Waals surface area contributed by atoms with E-state index in [9.17, 15) is 8.42 Å². The number of hydrogen-bond acceptors (Lipinski definition) is 4. The number of ether oxygens (including phenoxy) is 1. The molecule has 0 aliphatic heterocycles. The second-order valence-electron chi connectivity index (χ2n) is 4.64. The molecule has 0 aliphatic rings. The van der Waals surface area contributed by atoms with E-state index in [0.29, 0.717) is 26.0 Å².